The number of likely N-dealkylation sites (tertiary alicyclic amines) is 1. The molecule has 0 bridgehead atoms. The Kier molecular flexibility index (Phi) is 3.09. The Morgan fingerprint density at radius 1 is 1.44 bits per heavy atom. The van der Waals surface area contributed by atoms with Crippen molar-refractivity contribution in [3.8, 4) is 0 Å². The number of hydrogen-bond donors (Lipinski definition) is 2. The lowest BCUT2D eigenvalue weighted by atomic mass is 10.2. The summed E-state index contributed by atoms with van der Waals surface area (Å²) < 4.78 is 0. The molecule has 2 rings (SSSR count). The molecule has 1 aliphatic heterocycles. The number of aromatic nitrogens is 1. The second-order valence-corrected chi connectivity index (χ2v) is 4.11. The maximum Gasteiger partial charge on any atom is 0.255 e. The molecule has 16 heavy (non-hydrogen) atoms. The van der Waals surface area contributed by atoms with Crippen molar-refractivity contribution in [2.45, 2.75) is 12.2 Å². The van der Waals surface area contributed by atoms with E-state index < -0.39 is 12.2 Å². The Labute approximate surface area is 97.3 Å². The van der Waals surface area contributed by atoms with Crippen molar-refractivity contribution in [2.24, 2.45) is 0 Å². The first-order valence-corrected chi connectivity index (χ1v) is 5.22. The summed E-state index contributed by atoms with van der Waals surface area (Å²) in [7, 11) is 0. The van der Waals surface area contributed by atoms with Crippen LogP contribution in [-0.2, 0) is 0 Å². The molecule has 1 aromatic heterocycles. The van der Waals surface area contributed by atoms with Crippen LogP contribution in [0.1, 0.15) is 10.4 Å². The number of halogens is 1. The Balaban J connectivity index is 2.18. The molecule has 1 fully saturated rings. The zero-order valence-electron chi connectivity index (χ0n) is 8.38. The fraction of sp³-hybridized carbons (Fsp3) is 0.400. The van der Waals surface area contributed by atoms with Crippen LogP contribution in [0.15, 0.2) is 18.5 Å². The molecule has 0 aliphatic carbocycles. The molecule has 1 saturated heterocycles. The van der Waals surface area contributed by atoms with Crippen molar-refractivity contribution in [2.75, 3.05) is 13.1 Å². The summed E-state index contributed by atoms with van der Waals surface area (Å²) in [6.07, 6.45) is 1.09. The predicted molar refractivity (Wildman–Crippen MR) is 57.2 cm³/mol. The largest absolute Gasteiger partial charge is 0.388 e. The van der Waals surface area contributed by atoms with Crippen LogP contribution in [0.3, 0.4) is 0 Å². The van der Waals surface area contributed by atoms with Crippen molar-refractivity contribution in [1.82, 2.24) is 9.88 Å². The van der Waals surface area contributed by atoms with Gasteiger partial charge in [-0.1, -0.05) is 11.6 Å². The highest BCUT2D eigenvalue weighted by Gasteiger charge is 2.33. The number of hydrogen-bond acceptors (Lipinski definition) is 4. The van der Waals surface area contributed by atoms with Crippen LogP contribution in [0, 0.1) is 0 Å². The number of rotatable bonds is 1. The van der Waals surface area contributed by atoms with Crippen LogP contribution in [0.25, 0.3) is 0 Å². The van der Waals surface area contributed by atoms with E-state index in [1.54, 1.807) is 0 Å². The maximum atomic E-state index is 12.0. The van der Waals surface area contributed by atoms with Gasteiger partial charge in [0.25, 0.3) is 5.91 Å². The van der Waals surface area contributed by atoms with Gasteiger partial charge in [0, 0.05) is 25.5 Å². The lowest BCUT2D eigenvalue weighted by Gasteiger charge is -2.15. The predicted octanol–water partition coefficient (Wildman–Crippen LogP) is -0.0874. The second-order valence-electron chi connectivity index (χ2n) is 3.70. The van der Waals surface area contributed by atoms with Gasteiger partial charge in [-0.05, 0) is 6.07 Å². The van der Waals surface area contributed by atoms with Gasteiger partial charge in [-0.2, -0.15) is 0 Å². The molecule has 1 aliphatic rings. The molecule has 1 aromatic rings. The Morgan fingerprint density at radius 3 is 2.62 bits per heavy atom. The third-order valence-electron chi connectivity index (χ3n) is 2.55. The van der Waals surface area contributed by atoms with Crippen molar-refractivity contribution in [1.29, 1.82) is 0 Å². The van der Waals surface area contributed by atoms with Crippen LogP contribution >= 0.6 is 11.6 Å². The fourth-order valence-corrected chi connectivity index (χ4v) is 1.85. The summed E-state index contributed by atoms with van der Waals surface area (Å²) in [6.45, 7) is 0.247. The SMILES string of the molecule is O=C(c1ccncc1Cl)N1C[C@@H](O)[C@@H](O)C1. The minimum absolute atomic E-state index is 0.124. The van der Waals surface area contributed by atoms with Crippen LogP contribution in [0.4, 0.5) is 0 Å². The number of β-amino-alcohol motifs (C(OH)–C–C–N with tert-alkyl or cyclic N) is 2. The third-order valence-corrected chi connectivity index (χ3v) is 2.85. The number of carbonyl (C=O) groups excluding carboxylic acids is 1. The number of nitrogens with zero attached hydrogens (tertiary/aromatic N) is 2. The van der Waals surface area contributed by atoms with E-state index in [9.17, 15) is 15.0 Å². The molecule has 5 nitrogen and oxygen atoms in total. The summed E-state index contributed by atoms with van der Waals surface area (Å²) in [4.78, 5) is 17.1. The Morgan fingerprint density at radius 2 is 2.06 bits per heavy atom. The molecular weight excluding hydrogens is 232 g/mol. The summed E-state index contributed by atoms with van der Waals surface area (Å²) in [6, 6.07) is 1.52. The molecule has 0 saturated carbocycles. The van der Waals surface area contributed by atoms with Gasteiger partial charge in [0.2, 0.25) is 0 Å². The minimum atomic E-state index is -0.885. The fourth-order valence-electron chi connectivity index (χ4n) is 1.65. The highest BCUT2D eigenvalue weighted by molar-refractivity contribution is 6.33. The summed E-state index contributed by atoms with van der Waals surface area (Å²) in [5, 5.41) is 19.0. The van der Waals surface area contributed by atoms with E-state index in [1.807, 2.05) is 0 Å². The molecule has 0 unspecified atom stereocenters. The highest BCUT2D eigenvalue weighted by atomic mass is 35.5. The first-order valence-electron chi connectivity index (χ1n) is 4.84. The summed E-state index contributed by atoms with van der Waals surface area (Å²) >= 11 is 5.84. The van der Waals surface area contributed by atoms with E-state index >= 15 is 0 Å². The zero-order valence-corrected chi connectivity index (χ0v) is 9.13. The molecule has 0 aromatic carbocycles. The van der Waals surface area contributed by atoms with Crippen LogP contribution in [-0.4, -0.2) is 51.3 Å². The topological polar surface area (TPSA) is 73.7 Å². The van der Waals surface area contributed by atoms with E-state index in [0.29, 0.717) is 5.56 Å². The molecule has 2 N–H and O–H groups in total. The van der Waals surface area contributed by atoms with Gasteiger partial charge in [-0.15, -0.1) is 0 Å². The number of carbonyl (C=O) groups is 1. The van der Waals surface area contributed by atoms with Gasteiger partial charge < -0.3 is 15.1 Å². The van der Waals surface area contributed by atoms with Gasteiger partial charge >= 0.3 is 0 Å². The smallest absolute Gasteiger partial charge is 0.255 e. The monoisotopic (exact) mass is 242 g/mol. The third kappa shape index (κ3) is 2.02. The molecule has 86 valence electrons. The van der Waals surface area contributed by atoms with E-state index in [-0.39, 0.29) is 24.0 Å². The van der Waals surface area contributed by atoms with Crippen molar-refractivity contribution >= 4 is 17.5 Å². The average molecular weight is 243 g/mol. The van der Waals surface area contributed by atoms with E-state index in [4.69, 9.17) is 11.6 Å². The van der Waals surface area contributed by atoms with Gasteiger partial charge in [-0.25, -0.2) is 0 Å². The van der Waals surface area contributed by atoms with Crippen molar-refractivity contribution in [3.05, 3.63) is 29.0 Å². The van der Waals surface area contributed by atoms with Crippen LogP contribution in [0.5, 0.6) is 0 Å². The quantitative estimate of drug-likeness (QED) is 0.722. The number of amides is 1. The molecular formula is C10H11ClN2O3. The molecule has 1 amide bonds. The minimum Gasteiger partial charge on any atom is -0.388 e. The van der Waals surface area contributed by atoms with E-state index in [1.165, 1.54) is 23.4 Å². The summed E-state index contributed by atoms with van der Waals surface area (Å²) in [5.41, 5.74) is 0.331. The van der Waals surface area contributed by atoms with Crippen LogP contribution in [0.2, 0.25) is 5.02 Å². The number of aliphatic hydroxyl groups is 2. The first-order chi connectivity index (χ1) is 7.59. The lowest BCUT2D eigenvalue weighted by molar-refractivity contribution is 0.0572. The standard InChI is InChI=1S/C10H11ClN2O3/c11-7-3-12-2-1-6(7)10(16)13-4-8(14)9(15)5-13/h1-3,8-9,14-15H,4-5H2/t8-,9+. The molecule has 0 spiro atoms. The summed E-state index contributed by atoms with van der Waals surface area (Å²) in [5.74, 6) is -0.303. The number of pyridine rings is 1. The van der Waals surface area contributed by atoms with Gasteiger partial charge in [-0.3, -0.25) is 9.78 Å². The van der Waals surface area contributed by atoms with Crippen molar-refractivity contribution in [3.63, 3.8) is 0 Å². The first kappa shape index (κ1) is 11.3. The highest BCUT2D eigenvalue weighted by Crippen LogP contribution is 2.19. The van der Waals surface area contributed by atoms with Crippen LogP contribution < -0.4 is 0 Å². The molecule has 6 heteroatoms. The van der Waals surface area contributed by atoms with E-state index in [0.717, 1.165) is 0 Å². The van der Waals surface area contributed by atoms with Crippen molar-refractivity contribution < 1.29 is 15.0 Å². The second kappa shape index (κ2) is 4.37. The number of aliphatic hydroxyl groups excluding tert-OH is 2. The molecule has 0 radical (unpaired) electrons. The van der Waals surface area contributed by atoms with E-state index in [2.05, 4.69) is 4.98 Å². The van der Waals surface area contributed by atoms with Gasteiger partial charge in [0.05, 0.1) is 22.8 Å². The van der Waals surface area contributed by atoms with Gasteiger partial charge in [0.15, 0.2) is 0 Å². The van der Waals surface area contributed by atoms with Gasteiger partial charge in [0.1, 0.15) is 0 Å². The zero-order chi connectivity index (χ0) is 11.7. The Bertz CT molecular complexity index is 403. The lowest BCUT2D eigenvalue weighted by Crippen LogP contribution is -2.30. The average Bonchev–Trinajstić information content (AvgIpc) is 2.59. The molecule has 2 atom stereocenters. The Hall–Kier alpha value is -1.17. The maximum absolute atomic E-state index is 12.0. The molecule has 2 heterocycles. The normalized spacial score (nSPS) is 24.8.